The summed E-state index contributed by atoms with van der Waals surface area (Å²) in [5.74, 6) is 0. The number of benzene rings is 2. The fourth-order valence-corrected chi connectivity index (χ4v) is 3.39. The van der Waals surface area contributed by atoms with Crippen LogP contribution in [0.25, 0.3) is 0 Å². The summed E-state index contributed by atoms with van der Waals surface area (Å²) < 4.78 is 2.25. The molecule has 0 spiro atoms. The maximum atomic E-state index is 4.32. The Morgan fingerprint density at radius 2 is 1.60 bits per heavy atom. The highest BCUT2D eigenvalue weighted by Gasteiger charge is 2.03. The summed E-state index contributed by atoms with van der Waals surface area (Å²) >= 11 is 1.77. The van der Waals surface area contributed by atoms with Gasteiger partial charge in [0, 0.05) is 30.7 Å². The third kappa shape index (κ3) is 6.02. The van der Waals surface area contributed by atoms with E-state index < -0.39 is 0 Å². The van der Waals surface area contributed by atoms with Crippen molar-refractivity contribution in [1.29, 1.82) is 0 Å². The molecule has 0 aliphatic heterocycles. The number of hydrogen-bond donors (Lipinski definition) is 1. The van der Waals surface area contributed by atoms with E-state index in [1.54, 1.807) is 11.9 Å². The molecular weight excluding hydrogens is 326 g/mol. The smallest absolute Gasteiger partial charge is 0.0541 e. The van der Waals surface area contributed by atoms with Crippen LogP contribution in [0.5, 0.6) is 0 Å². The van der Waals surface area contributed by atoms with Gasteiger partial charge in [-0.05, 0) is 54.4 Å². The second-order valence-electron chi connectivity index (χ2n) is 5.93. The first-order valence-corrected chi connectivity index (χ1v) is 9.19. The van der Waals surface area contributed by atoms with E-state index in [1.165, 1.54) is 16.0 Å². The van der Waals surface area contributed by atoms with Crippen molar-refractivity contribution >= 4 is 11.9 Å². The van der Waals surface area contributed by atoms with E-state index in [4.69, 9.17) is 0 Å². The molecule has 0 atom stereocenters. The lowest BCUT2D eigenvalue weighted by atomic mass is 10.2. The quantitative estimate of drug-likeness (QED) is 0.606. The molecule has 0 aliphatic rings. The Morgan fingerprint density at radius 3 is 2.32 bits per heavy atom. The molecule has 2 aromatic carbocycles. The molecular formula is C21H23N3S. The minimum Gasteiger partial charge on any atom is -0.307 e. The molecule has 1 heterocycles. The highest BCUT2D eigenvalue weighted by Crippen LogP contribution is 2.23. The summed E-state index contributed by atoms with van der Waals surface area (Å²) in [4.78, 5) is 5.58. The topological polar surface area (TPSA) is 28.2 Å². The molecule has 4 heteroatoms. The van der Waals surface area contributed by atoms with Gasteiger partial charge in [-0.25, -0.2) is 4.31 Å². The minimum atomic E-state index is 0.789. The fourth-order valence-electron chi connectivity index (χ4n) is 2.56. The lowest BCUT2D eigenvalue weighted by Crippen LogP contribution is -2.13. The monoisotopic (exact) mass is 349 g/mol. The Balaban J connectivity index is 1.45. The van der Waals surface area contributed by atoms with Crippen molar-refractivity contribution in [3.63, 3.8) is 0 Å². The molecule has 0 saturated carbocycles. The second-order valence-corrected chi connectivity index (χ2v) is 7.21. The molecule has 0 amide bonds. The van der Waals surface area contributed by atoms with Gasteiger partial charge in [0.25, 0.3) is 0 Å². The first-order chi connectivity index (χ1) is 12.3. The summed E-state index contributed by atoms with van der Waals surface area (Å²) in [5, 5.41) is 3.43. The van der Waals surface area contributed by atoms with Gasteiger partial charge < -0.3 is 5.32 Å². The van der Waals surface area contributed by atoms with Gasteiger partial charge in [-0.3, -0.25) is 4.98 Å². The van der Waals surface area contributed by atoms with Crippen molar-refractivity contribution in [2.45, 2.75) is 24.5 Å². The van der Waals surface area contributed by atoms with E-state index in [2.05, 4.69) is 76.3 Å². The van der Waals surface area contributed by atoms with E-state index >= 15 is 0 Å². The van der Waals surface area contributed by atoms with Crippen molar-refractivity contribution < 1.29 is 0 Å². The van der Waals surface area contributed by atoms with E-state index in [0.29, 0.717) is 0 Å². The van der Waals surface area contributed by atoms with E-state index in [1.807, 2.05) is 24.4 Å². The lowest BCUT2D eigenvalue weighted by Gasteiger charge is -2.15. The van der Waals surface area contributed by atoms with Crippen LogP contribution in [-0.4, -0.2) is 16.3 Å². The summed E-state index contributed by atoms with van der Waals surface area (Å²) in [7, 11) is 2.12. The summed E-state index contributed by atoms with van der Waals surface area (Å²) in [6, 6.07) is 25.3. The van der Waals surface area contributed by atoms with Crippen LogP contribution in [0.4, 0.5) is 0 Å². The van der Waals surface area contributed by atoms with Crippen LogP contribution < -0.4 is 5.32 Å². The molecule has 3 aromatic rings. The molecule has 3 nitrogen and oxygen atoms in total. The first kappa shape index (κ1) is 17.7. The number of nitrogens with zero attached hydrogens (tertiary/aromatic N) is 2. The molecule has 1 N–H and O–H groups in total. The van der Waals surface area contributed by atoms with Crippen LogP contribution in [0.1, 0.15) is 16.8 Å². The van der Waals surface area contributed by atoms with Gasteiger partial charge in [0.15, 0.2) is 0 Å². The van der Waals surface area contributed by atoms with Gasteiger partial charge in [-0.1, -0.05) is 48.5 Å². The molecule has 25 heavy (non-hydrogen) atoms. The predicted octanol–water partition coefficient (Wildman–Crippen LogP) is 4.51. The number of hydrogen-bond acceptors (Lipinski definition) is 4. The Kier molecular flexibility index (Phi) is 6.63. The summed E-state index contributed by atoms with van der Waals surface area (Å²) in [6.45, 7) is 2.57. The molecule has 0 unspecified atom stereocenters. The zero-order chi connectivity index (χ0) is 17.3. The molecule has 128 valence electrons. The van der Waals surface area contributed by atoms with Crippen molar-refractivity contribution in [1.82, 2.24) is 14.6 Å². The third-order valence-electron chi connectivity index (χ3n) is 3.79. The van der Waals surface area contributed by atoms with Crippen molar-refractivity contribution in [2.75, 3.05) is 7.05 Å². The average Bonchev–Trinajstić information content (AvgIpc) is 2.65. The van der Waals surface area contributed by atoms with E-state index in [0.717, 1.165) is 25.3 Å². The maximum absolute atomic E-state index is 4.32. The van der Waals surface area contributed by atoms with Crippen LogP contribution in [0.3, 0.4) is 0 Å². The molecule has 0 radical (unpaired) electrons. The highest BCUT2D eigenvalue weighted by atomic mass is 32.2. The number of pyridine rings is 1. The van der Waals surface area contributed by atoms with Gasteiger partial charge in [0.1, 0.15) is 0 Å². The highest BCUT2D eigenvalue weighted by molar-refractivity contribution is 7.97. The Morgan fingerprint density at radius 1 is 0.840 bits per heavy atom. The normalized spacial score (nSPS) is 11.0. The molecule has 1 aromatic heterocycles. The van der Waals surface area contributed by atoms with Gasteiger partial charge >= 0.3 is 0 Å². The molecule has 0 fully saturated rings. The number of nitrogens with one attached hydrogen (secondary N) is 1. The molecule has 0 saturated heterocycles. The summed E-state index contributed by atoms with van der Waals surface area (Å²) in [5.41, 5.74) is 3.68. The van der Waals surface area contributed by atoms with Crippen molar-refractivity contribution in [3.8, 4) is 0 Å². The Labute approximate surface area is 154 Å². The maximum Gasteiger partial charge on any atom is 0.0541 e. The fraction of sp³-hybridized carbons (Fsp3) is 0.190. The van der Waals surface area contributed by atoms with Gasteiger partial charge in [0.2, 0.25) is 0 Å². The minimum absolute atomic E-state index is 0.789. The molecule has 0 aliphatic carbocycles. The van der Waals surface area contributed by atoms with Crippen LogP contribution in [0.15, 0.2) is 83.9 Å². The zero-order valence-electron chi connectivity index (χ0n) is 14.4. The lowest BCUT2D eigenvalue weighted by molar-refractivity contribution is 0.564. The van der Waals surface area contributed by atoms with Gasteiger partial charge in [0.05, 0.1) is 5.69 Å². The van der Waals surface area contributed by atoms with Crippen LogP contribution in [0, 0.1) is 0 Å². The van der Waals surface area contributed by atoms with Crippen LogP contribution in [-0.2, 0) is 19.6 Å². The zero-order valence-corrected chi connectivity index (χ0v) is 15.2. The predicted molar refractivity (Wildman–Crippen MR) is 105 cm³/mol. The number of aromatic nitrogens is 1. The standard InChI is InChI=1S/C21H23N3S/c1-24(17-19-7-3-2-4-8-19)25-21-12-10-18(11-13-21)15-22-16-20-9-5-6-14-23-20/h2-14,22H,15-17H2,1H3. The molecule has 0 bridgehead atoms. The van der Waals surface area contributed by atoms with Gasteiger partial charge in [-0.2, -0.15) is 0 Å². The Bertz CT molecular complexity index is 745. The largest absolute Gasteiger partial charge is 0.307 e. The molecule has 3 rings (SSSR count). The third-order valence-corrected chi connectivity index (χ3v) is 4.72. The second kappa shape index (κ2) is 9.37. The average molecular weight is 350 g/mol. The van der Waals surface area contributed by atoms with E-state index in [9.17, 15) is 0 Å². The SMILES string of the molecule is CN(Cc1ccccc1)Sc1ccc(CNCc2ccccn2)cc1. The summed E-state index contributed by atoms with van der Waals surface area (Å²) in [6.07, 6.45) is 1.83. The number of rotatable bonds is 8. The van der Waals surface area contributed by atoms with E-state index in [-0.39, 0.29) is 0 Å². The van der Waals surface area contributed by atoms with Crippen molar-refractivity contribution in [2.24, 2.45) is 0 Å². The van der Waals surface area contributed by atoms with Crippen molar-refractivity contribution in [3.05, 3.63) is 95.8 Å². The van der Waals surface area contributed by atoms with Gasteiger partial charge in [-0.15, -0.1) is 0 Å². The first-order valence-electron chi connectivity index (χ1n) is 8.42. The van der Waals surface area contributed by atoms with Crippen LogP contribution >= 0.6 is 11.9 Å². The Hall–Kier alpha value is -2.14. The van der Waals surface area contributed by atoms with Crippen LogP contribution in [0.2, 0.25) is 0 Å².